The van der Waals surface area contributed by atoms with Gasteiger partial charge in [-0.25, -0.2) is 9.59 Å². The molecule has 0 aromatic heterocycles. The van der Waals surface area contributed by atoms with Crippen LogP contribution in [-0.2, 0) is 33.3 Å². The lowest BCUT2D eigenvalue weighted by molar-refractivity contribution is -0.182. The molecule has 2 aliphatic heterocycles. The highest BCUT2D eigenvalue weighted by atomic mass is 128. The number of esters is 2. The highest BCUT2D eigenvalue weighted by Crippen LogP contribution is 2.30. The molecular formula is C17H32I2N2O7. The first-order valence-corrected chi connectivity index (χ1v) is 14.9. The van der Waals surface area contributed by atoms with E-state index in [0.717, 1.165) is 0 Å². The van der Waals surface area contributed by atoms with Crippen molar-refractivity contribution >= 4 is 49.2 Å². The standard InChI is InChI=1S/C9H17NO3.C8H15NO4.I2/c1-6-7(8(11)12-5)13-9(2,3)10(6)4;1-5-6(7(10)11-3)13-8(12-4)9(5)2;1-2/h6-7H,1-5H3;5-6,8H,1-4H3;. The third kappa shape index (κ3) is 6.87. The summed E-state index contributed by atoms with van der Waals surface area (Å²) in [7, 11) is 8.03. The van der Waals surface area contributed by atoms with E-state index in [-0.39, 0.29) is 24.0 Å². The number of halogens is 2. The van der Waals surface area contributed by atoms with E-state index in [4.69, 9.17) is 14.2 Å². The maximum atomic E-state index is 11.3. The van der Waals surface area contributed by atoms with Crippen LogP contribution >= 0.6 is 37.2 Å². The van der Waals surface area contributed by atoms with Crippen LogP contribution in [0.25, 0.3) is 0 Å². The Balaban J connectivity index is 0.000000478. The van der Waals surface area contributed by atoms with Gasteiger partial charge in [-0.15, -0.1) is 0 Å². The van der Waals surface area contributed by atoms with Gasteiger partial charge in [0.2, 0.25) is 6.41 Å². The second-order valence-corrected chi connectivity index (χ2v) is 6.89. The molecule has 2 aliphatic rings. The van der Waals surface area contributed by atoms with E-state index in [1.165, 1.54) is 21.3 Å². The molecule has 0 bridgehead atoms. The minimum Gasteiger partial charge on any atom is -0.467 e. The summed E-state index contributed by atoms with van der Waals surface area (Å²) >= 11 is 4.24. The molecule has 11 heteroatoms. The van der Waals surface area contributed by atoms with Crippen molar-refractivity contribution in [3.63, 3.8) is 0 Å². The first-order chi connectivity index (χ1) is 13.0. The Hall–Kier alpha value is 0.200. The lowest BCUT2D eigenvalue weighted by atomic mass is 10.2. The first kappa shape index (κ1) is 28.2. The zero-order chi connectivity index (χ0) is 22.2. The van der Waals surface area contributed by atoms with E-state index in [9.17, 15) is 9.59 Å². The molecule has 5 atom stereocenters. The Bertz CT molecular complexity index is 510. The molecule has 0 amide bonds. The van der Waals surface area contributed by atoms with Gasteiger partial charge in [0.25, 0.3) is 0 Å². The van der Waals surface area contributed by atoms with Crippen LogP contribution in [0.15, 0.2) is 0 Å². The van der Waals surface area contributed by atoms with Crippen molar-refractivity contribution in [2.45, 2.75) is 64.1 Å². The number of rotatable bonds is 3. The molecule has 2 rings (SSSR count). The van der Waals surface area contributed by atoms with E-state index in [1.54, 1.807) is 0 Å². The van der Waals surface area contributed by atoms with Crippen LogP contribution in [0.2, 0.25) is 0 Å². The summed E-state index contributed by atoms with van der Waals surface area (Å²) < 4.78 is 25.2. The quantitative estimate of drug-likeness (QED) is 0.345. The smallest absolute Gasteiger partial charge is 0.336 e. The summed E-state index contributed by atoms with van der Waals surface area (Å²) in [6, 6.07) is 0.0276. The van der Waals surface area contributed by atoms with Gasteiger partial charge < -0.3 is 23.7 Å². The Kier molecular flexibility index (Phi) is 12.9. The molecule has 2 fully saturated rings. The van der Waals surface area contributed by atoms with Crippen molar-refractivity contribution in [1.29, 1.82) is 0 Å². The van der Waals surface area contributed by atoms with Crippen molar-refractivity contribution in [3.8, 4) is 0 Å². The number of hydrogen-bond acceptors (Lipinski definition) is 9. The van der Waals surface area contributed by atoms with E-state index in [2.05, 4.69) is 46.7 Å². The molecule has 2 heterocycles. The molecule has 0 aromatic carbocycles. The second kappa shape index (κ2) is 12.8. The van der Waals surface area contributed by atoms with Crippen LogP contribution in [-0.4, -0.2) is 93.6 Å². The Morgan fingerprint density at radius 3 is 1.71 bits per heavy atom. The SMILES string of the molecule is COC(=O)C1OC(C)(C)N(C)C1C.COC(=O)C1OC(OC)N(C)C1C.II. The van der Waals surface area contributed by atoms with Crippen molar-refractivity contribution in [2.24, 2.45) is 0 Å². The van der Waals surface area contributed by atoms with Gasteiger partial charge in [0.15, 0.2) is 12.2 Å². The largest absolute Gasteiger partial charge is 0.467 e. The van der Waals surface area contributed by atoms with Gasteiger partial charge in [-0.1, -0.05) is 0 Å². The van der Waals surface area contributed by atoms with Gasteiger partial charge >= 0.3 is 11.9 Å². The lowest BCUT2D eigenvalue weighted by Gasteiger charge is -2.27. The van der Waals surface area contributed by atoms with Crippen LogP contribution < -0.4 is 0 Å². The number of carbonyl (C=O) groups is 2. The first-order valence-electron chi connectivity index (χ1n) is 8.62. The van der Waals surface area contributed by atoms with Gasteiger partial charge in [0.1, 0.15) is 5.72 Å². The predicted octanol–water partition coefficient (Wildman–Crippen LogP) is 2.19. The van der Waals surface area contributed by atoms with E-state index in [1.807, 2.05) is 51.6 Å². The molecular weight excluding hydrogens is 598 g/mol. The molecule has 0 radical (unpaired) electrons. The number of methoxy groups -OCH3 is 3. The zero-order valence-electron chi connectivity index (χ0n) is 17.9. The molecule has 0 N–H and O–H groups in total. The molecule has 5 unspecified atom stereocenters. The van der Waals surface area contributed by atoms with Gasteiger partial charge in [0, 0.05) is 56.4 Å². The molecule has 0 aromatic rings. The van der Waals surface area contributed by atoms with Crippen molar-refractivity contribution < 1.29 is 33.3 Å². The predicted molar refractivity (Wildman–Crippen MR) is 121 cm³/mol. The molecule has 166 valence electrons. The molecule has 9 nitrogen and oxygen atoms in total. The molecule has 2 saturated heterocycles. The summed E-state index contributed by atoms with van der Waals surface area (Å²) in [6.45, 7) is 7.72. The summed E-state index contributed by atoms with van der Waals surface area (Å²) in [6.07, 6.45) is -1.48. The number of hydrogen-bond donors (Lipinski definition) is 0. The van der Waals surface area contributed by atoms with Crippen molar-refractivity contribution in [1.82, 2.24) is 9.80 Å². The van der Waals surface area contributed by atoms with Crippen LogP contribution in [0.1, 0.15) is 27.7 Å². The highest BCUT2D eigenvalue weighted by molar-refractivity contribution is 15.0. The van der Waals surface area contributed by atoms with Gasteiger partial charge in [-0.3, -0.25) is 9.80 Å². The Morgan fingerprint density at radius 1 is 0.929 bits per heavy atom. The lowest BCUT2D eigenvalue weighted by Crippen LogP contribution is -2.40. The number of nitrogens with zero attached hydrogens (tertiary/aromatic N) is 2. The maximum Gasteiger partial charge on any atom is 0.336 e. The maximum absolute atomic E-state index is 11.3. The van der Waals surface area contributed by atoms with Crippen molar-refractivity contribution in [2.75, 3.05) is 35.4 Å². The monoisotopic (exact) mass is 630 g/mol. The third-order valence-corrected chi connectivity index (χ3v) is 5.06. The summed E-state index contributed by atoms with van der Waals surface area (Å²) in [5, 5.41) is 0. The number of carbonyl (C=O) groups excluding carboxylic acids is 2. The Morgan fingerprint density at radius 2 is 1.39 bits per heavy atom. The third-order valence-electron chi connectivity index (χ3n) is 5.06. The summed E-state index contributed by atoms with van der Waals surface area (Å²) in [5.74, 6) is -0.663. The van der Waals surface area contributed by atoms with E-state index < -0.39 is 24.3 Å². The summed E-state index contributed by atoms with van der Waals surface area (Å²) in [4.78, 5) is 26.3. The minimum atomic E-state index is -0.556. The number of ether oxygens (including phenoxy) is 5. The van der Waals surface area contributed by atoms with Crippen LogP contribution in [0.3, 0.4) is 0 Å². The number of likely N-dealkylation sites (N-methyl/N-ethyl adjacent to an activating group) is 2. The molecule has 0 spiro atoms. The fourth-order valence-electron chi connectivity index (χ4n) is 2.88. The molecule has 0 saturated carbocycles. The topological polar surface area (TPSA) is 86.8 Å². The fourth-order valence-corrected chi connectivity index (χ4v) is 2.88. The van der Waals surface area contributed by atoms with E-state index in [0.29, 0.717) is 0 Å². The minimum absolute atomic E-state index is 0.0302. The average Bonchev–Trinajstić information content (AvgIpc) is 3.10. The fraction of sp³-hybridized carbons (Fsp3) is 0.882. The second-order valence-electron chi connectivity index (χ2n) is 6.89. The zero-order valence-corrected chi connectivity index (χ0v) is 22.2. The van der Waals surface area contributed by atoms with E-state index >= 15 is 0 Å². The van der Waals surface area contributed by atoms with Gasteiger partial charge in [-0.05, 0) is 41.8 Å². The highest BCUT2D eigenvalue weighted by Gasteiger charge is 2.46. The van der Waals surface area contributed by atoms with Crippen LogP contribution in [0.5, 0.6) is 0 Å². The average molecular weight is 630 g/mol. The van der Waals surface area contributed by atoms with Crippen molar-refractivity contribution in [3.05, 3.63) is 0 Å². The van der Waals surface area contributed by atoms with Crippen LogP contribution in [0, 0.1) is 0 Å². The van der Waals surface area contributed by atoms with Gasteiger partial charge in [0.05, 0.1) is 14.2 Å². The van der Waals surface area contributed by atoms with Gasteiger partial charge in [-0.2, -0.15) is 0 Å². The normalized spacial score (nSPS) is 31.9. The summed E-state index contributed by atoms with van der Waals surface area (Å²) in [5.41, 5.74) is -0.391. The molecule has 0 aliphatic carbocycles. The molecule has 28 heavy (non-hydrogen) atoms. The Labute approximate surface area is 191 Å². The van der Waals surface area contributed by atoms with Crippen LogP contribution in [0.4, 0.5) is 0 Å².